The second-order valence-electron chi connectivity index (χ2n) is 4.87. The summed E-state index contributed by atoms with van der Waals surface area (Å²) in [5.74, 6) is 0. The average Bonchev–Trinajstić information content (AvgIpc) is 2.76. The fourth-order valence-corrected chi connectivity index (χ4v) is 2.53. The van der Waals surface area contributed by atoms with E-state index in [0.717, 1.165) is 27.9 Å². The molecule has 2 nitrogen and oxygen atoms in total. The maximum Gasteiger partial charge on any atom is 0.0497 e. The van der Waals surface area contributed by atoms with Crippen LogP contribution in [-0.4, -0.2) is 4.98 Å². The topological polar surface area (TPSA) is 41.8 Å². The van der Waals surface area contributed by atoms with Crippen molar-refractivity contribution in [2.45, 2.75) is 13.5 Å². The molecule has 3 aromatic rings. The number of hydrogen-bond donors (Lipinski definition) is 2. The van der Waals surface area contributed by atoms with Gasteiger partial charge >= 0.3 is 0 Å². The third-order valence-electron chi connectivity index (χ3n) is 3.65. The molecule has 0 spiro atoms. The number of fused-ring (bicyclic) bond motifs is 1. The van der Waals surface area contributed by atoms with Gasteiger partial charge < -0.3 is 10.7 Å². The van der Waals surface area contributed by atoms with E-state index >= 15 is 0 Å². The van der Waals surface area contributed by atoms with E-state index in [1.54, 1.807) is 0 Å². The second-order valence-corrected chi connectivity index (χ2v) is 4.87. The van der Waals surface area contributed by atoms with Crippen molar-refractivity contribution in [2.24, 2.45) is 5.73 Å². The number of aryl methyl sites for hydroxylation is 1. The highest BCUT2D eigenvalue weighted by Crippen LogP contribution is 2.31. The molecule has 1 aromatic heterocycles. The zero-order valence-corrected chi connectivity index (χ0v) is 11.0. The summed E-state index contributed by atoms with van der Waals surface area (Å²) < 4.78 is 0. The lowest BCUT2D eigenvalue weighted by molar-refractivity contribution is 1.08. The van der Waals surface area contributed by atoms with E-state index in [4.69, 9.17) is 5.73 Å². The average molecular weight is 249 g/mol. The first kappa shape index (κ1) is 12.0. The van der Waals surface area contributed by atoms with Crippen molar-refractivity contribution in [3.63, 3.8) is 0 Å². The minimum Gasteiger partial charge on any atom is -0.354 e. The van der Waals surface area contributed by atoms with Crippen molar-refractivity contribution in [1.29, 1.82) is 0 Å². The predicted molar refractivity (Wildman–Crippen MR) is 80.8 cm³/mol. The third kappa shape index (κ3) is 1.94. The largest absolute Gasteiger partial charge is 0.354 e. The summed E-state index contributed by atoms with van der Waals surface area (Å²) in [7, 11) is 0. The number of H-pyrrole nitrogens is 1. The molecular formula is C17H17N2. The zero-order chi connectivity index (χ0) is 13.4. The first-order chi connectivity index (χ1) is 9.20. The number of aromatic nitrogens is 1. The Balaban J connectivity index is 2.26. The van der Waals surface area contributed by atoms with Gasteiger partial charge in [0.25, 0.3) is 0 Å². The number of hydrogen-bond acceptors (Lipinski definition) is 1. The molecule has 0 atom stereocenters. The Morgan fingerprint density at radius 2 is 1.95 bits per heavy atom. The van der Waals surface area contributed by atoms with Crippen molar-refractivity contribution in [1.82, 2.24) is 4.98 Å². The van der Waals surface area contributed by atoms with Crippen LogP contribution in [0.1, 0.15) is 16.7 Å². The van der Waals surface area contributed by atoms with Gasteiger partial charge in [0.15, 0.2) is 0 Å². The molecule has 3 rings (SSSR count). The Morgan fingerprint density at radius 3 is 2.68 bits per heavy atom. The van der Waals surface area contributed by atoms with Crippen LogP contribution in [0, 0.1) is 13.8 Å². The molecular weight excluding hydrogens is 232 g/mol. The van der Waals surface area contributed by atoms with Crippen LogP contribution in [0.5, 0.6) is 0 Å². The lowest BCUT2D eigenvalue weighted by atomic mass is 10.0. The van der Waals surface area contributed by atoms with E-state index in [1.165, 1.54) is 10.9 Å². The molecule has 0 aliphatic rings. The number of nitrogens with two attached hydrogens (primary N) is 1. The van der Waals surface area contributed by atoms with Gasteiger partial charge in [0.2, 0.25) is 0 Å². The number of benzene rings is 2. The Labute approximate surface area is 113 Å². The molecule has 1 radical (unpaired) electrons. The van der Waals surface area contributed by atoms with E-state index in [9.17, 15) is 0 Å². The summed E-state index contributed by atoms with van der Waals surface area (Å²) in [4.78, 5) is 3.49. The summed E-state index contributed by atoms with van der Waals surface area (Å²) in [6.07, 6.45) is 0. The predicted octanol–water partition coefficient (Wildman–Crippen LogP) is 3.78. The molecule has 95 valence electrons. The summed E-state index contributed by atoms with van der Waals surface area (Å²) in [6.45, 7) is 6.81. The van der Waals surface area contributed by atoms with Gasteiger partial charge in [-0.05, 0) is 42.7 Å². The molecule has 0 saturated heterocycles. The van der Waals surface area contributed by atoms with Gasteiger partial charge in [-0.3, -0.25) is 0 Å². The molecule has 0 amide bonds. The zero-order valence-electron chi connectivity index (χ0n) is 11.0. The fraction of sp³-hybridized carbons (Fsp3) is 0.118. The van der Waals surface area contributed by atoms with Gasteiger partial charge in [-0.1, -0.05) is 30.3 Å². The van der Waals surface area contributed by atoms with E-state index < -0.39 is 0 Å². The summed E-state index contributed by atoms with van der Waals surface area (Å²) in [5, 5.41) is 1.24. The van der Waals surface area contributed by atoms with Crippen LogP contribution in [-0.2, 0) is 6.54 Å². The van der Waals surface area contributed by atoms with Crippen molar-refractivity contribution < 1.29 is 0 Å². The highest BCUT2D eigenvalue weighted by Gasteiger charge is 2.11. The lowest BCUT2D eigenvalue weighted by Crippen LogP contribution is -1.95. The Kier molecular flexibility index (Phi) is 2.88. The molecule has 2 aromatic carbocycles. The molecule has 0 bridgehead atoms. The lowest BCUT2D eigenvalue weighted by Gasteiger charge is -2.04. The van der Waals surface area contributed by atoms with Crippen molar-refractivity contribution in [2.75, 3.05) is 0 Å². The Morgan fingerprint density at radius 1 is 1.16 bits per heavy atom. The maximum atomic E-state index is 5.71. The summed E-state index contributed by atoms with van der Waals surface area (Å²) >= 11 is 0. The van der Waals surface area contributed by atoms with Crippen LogP contribution >= 0.6 is 0 Å². The Bertz CT molecular complexity index is 738. The minimum absolute atomic E-state index is 0.571. The second kappa shape index (κ2) is 4.56. The first-order valence-corrected chi connectivity index (χ1v) is 6.43. The van der Waals surface area contributed by atoms with Crippen LogP contribution in [0.3, 0.4) is 0 Å². The Hall–Kier alpha value is -2.06. The number of nitrogens with one attached hydrogen (secondary N) is 1. The van der Waals surface area contributed by atoms with E-state index in [0.29, 0.717) is 6.54 Å². The third-order valence-corrected chi connectivity index (χ3v) is 3.65. The van der Waals surface area contributed by atoms with Gasteiger partial charge in [-0.25, -0.2) is 0 Å². The molecule has 3 N–H and O–H groups in total. The van der Waals surface area contributed by atoms with Crippen LogP contribution in [0.25, 0.3) is 22.2 Å². The number of aromatic amines is 1. The molecule has 1 heterocycles. The molecule has 0 aliphatic carbocycles. The van der Waals surface area contributed by atoms with Gasteiger partial charge in [0.1, 0.15) is 0 Å². The van der Waals surface area contributed by atoms with Crippen molar-refractivity contribution in [3.8, 4) is 11.3 Å². The van der Waals surface area contributed by atoms with Gasteiger partial charge in [-0.2, -0.15) is 0 Å². The molecule has 2 heteroatoms. The van der Waals surface area contributed by atoms with E-state index in [2.05, 4.69) is 43.1 Å². The van der Waals surface area contributed by atoms with Gasteiger partial charge in [0, 0.05) is 28.7 Å². The maximum absolute atomic E-state index is 5.71. The molecule has 0 saturated carbocycles. The van der Waals surface area contributed by atoms with Crippen LogP contribution in [0.15, 0.2) is 42.5 Å². The van der Waals surface area contributed by atoms with Crippen LogP contribution < -0.4 is 5.73 Å². The first-order valence-electron chi connectivity index (χ1n) is 6.43. The summed E-state index contributed by atoms with van der Waals surface area (Å²) in [6, 6.07) is 14.5. The highest BCUT2D eigenvalue weighted by atomic mass is 14.7. The van der Waals surface area contributed by atoms with E-state index in [1.807, 2.05) is 18.2 Å². The van der Waals surface area contributed by atoms with Crippen LogP contribution in [0.2, 0.25) is 0 Å². The molecule has 0 fully saturated rings. The van der Waals surface area contributed by atoms with Gasteiger partial charge in [0.05, 0.1) is 0 Å². The normalized spacial score (nSPS) is 11.1. The quantitative estimate of drug-likeness (QED) is 0.713. The highest BCUT2D eigenvalue weighted by molar-refractivity contribution is 5.91. The van der Waals surface area contributed by atoms with Crippen LogP contribution in [0.4, 0.5) is 0 Å². The minimum atomic E-state index is 0.571. The molecule has 0 unspecified atom stereocenters. The van der Waals surface area contributed by atoms with E-state index in [-0.39, 0.29) is 0 Å². The standard InChI is InChI=1S/C17H17N2/c1-11-5-3-4-6-14(11)17-12(2)15-9-13(10-18)7-8-16(15)19-17/h3-9,19H,1,10,18H2,2H3. The monoisotopic (exact) mass is 249 g/mol. The number of rotatable bonds is 2. The molecule has 0 aliphatic heterocycles. The molecule has 19 heavy (non-hydrogen) atoms. The van der Waals surface area contributed by atoms with Gasteiger partial charge in [-0.15, -0.1) is 0 Å². The van der Waals surface area contributed by atoms with Crippen molar-refractivity contribution >= 4 is 10.9 Å². The fourth-order valence-electron chi connectivity index (χ4n) is 2.53. The SMILES string of the molecule is [CH2]c1ccccc1-c1[nH]c2ccc(CN)cc2c1C. The van der Waals surface area contributed by atoms with Crippen molar-refractivity contribution in [3.05, 3.63) is 66.1 Å². The summed E-state index contributed by atoms with van der Waals surface area (Å²) in [5.41, 5.74) is 12.6. The smallest absolute Gasteiger partial charge is 0.0497 e.